The molecular weight excluding hydrogens is 218 g/mol. The summed E-state index contributed by atoms with van der Waals surface area (Å²) >= 11 is 0. The Bertz CT molecular complexity index is 243. The van der Waals surface area contributed by atoms with Crippen molar-refractivity contribution in [2.24, 2.45) is 5.92 Å². The van der Waals surface area contributed by atoms with Crippen molar-refractivity contribution < 1.29 is 14.6 Å². The number of β-amino-alcohol motifs (C(OH)–C–C–N with tert-alkyl or cyclic N) is 1. The molecule has 100 valence electrons. The van der Waals surface area contributed by atoms with E-state index in [1.54, 1.807) is 6.92 Å². The number of rotatable bonds is 6. The second-order valence-corrected chi connectivity index (χ2v) is 5.11. The van der Waals surface area contributed by atoms with Crippen molar-refractivity contribution in [3.05, 3.63) is 0 Å². The van der Waals surface area contributed by atoms with Gasteiger partial charge in [-0.1, -0.05) is 13.8 Å². The second kappa shape index (κ2) is 6.97. The normalized spacial score (nSPS) is 23.0. The number of carbonyl (C=O) groups excluding carboxylic acids is 1. The molecule has 1 N–H and O–H groups in total. The van der Waals surface area contributed by atoms with Crippen LogP contribution < -0.4 is 0 Å². The Balaban J connectivity index is 2.34. The standard InChI is InChI=1S/C13H25NO3/c1-4-17-13(16)8-11(15)9-14-7-5-6-12(14)10(2)3/h10-12,15H,4-9H2,1-3H3. The van der Waals surface area contributed by atoms with Gasteiger partial charge < -0.3 is 9.84 Å². The van der Waals surface area contributed by atoms with E-state index >= 15 is 0 Å². The van der Waals surface area contributed by atoms with Gasteiger partial charge in [0, 0.05) is 12.6 Å². The van der Waals surface area contributed by atoms with Gasteiger partial charge in [0.15, 0.2) is 0 Å². The summed E-state index contributed by atoms with van der Waals surface area (Å²) in [4.78, 5) is 13.5. The van der Waals surface area contributed by atoms with Crippen LogP contribution in [-0.2, 0) is 9.53 Å². The first-order chi connectivity index (χ1) is 8.04. The van der Waals surface area contributed by atoms with Gasteiger partial charge in [-0.25, -0.2) is 0 Å². The van der Waals surface area contributed by atoms with Crippen LogP contribution in [0.1, 0.15) is 40.0 Å². The Hall–Kier alpha value is -0.610. The lowest BCUT2D eigenvalue weighted by Crippen LogP contribution is -2.39. The molecule has 0 aromatic rings. The molecule has 0 saturated carbocycles. The van der Waals surface area contributed by atoms with E-state index in [1.165, 1.54) is 12.8 Å². The predicted octanol–water partition coefficient (Wildman–Crippen LogP) is 1.42. The molecule has 0 aromatic heterocycles. The van der Waals surface area contributed by atoms with Crippen molar-refractivity contribution in [3.8, 4) is 0 Å². The molecule has 1 saturated heterocycles. The van der Waals surface area contributed by atoms with Crippen LogP contribution in [0.4, 0.5) is 0 Å². The van der Waals surface area contributed by atoms with E-state index < -0.39 is 6.10 Å². The molecular formula is C13H25NO3. The molecule has 0 aromatic carbocycles. The van der Waals surface area contributed by atoms with Crippen molar-refractivity contribution >= 4 is 5.97 Å². The third kappa shape index (κ3) is 4.64. The molecule has 1 fully saturated rings. The third-order valence-corrected chi connectivity index (χ3v) is 3.34. The lowest BCUT2D eigenvalue weighted by molar-refractivity contribution is -0.145. The van der Waals surface area contributed by atoms with Gasteiger partial charge in [-0.3, -0.25) is 9.69 Å². The van der Waals surface area contributed by atoms with Crippen LogP contribution in [0.3, 0.4) is 0 Å². The number of hydrogen-bond acceptors (Lipinski definition) is 4. The van der Waals surface area contributed by atoms with Crippen molar-refractivity contribution in [2.75, 3.05) is 19.7 Å². The van der Waals surface area contributed by atoms with Gasteiger partial charge in [0.1, 0.15) is 0 Å². The number of nitrogens with zero attached hydrogens (tertiary/aromatic N) is 1. The molecule has 1 aliphatic heterocycles. The Labute approximate surface area is 104 Å². The maximum atomic E-state index is 11.2. The maximum absolute atomic E-state index is 11.2. The average molecular weight is 243 g/mol. The highest BCUT2D eigenvalue weighted by molar-refractivity contribution is 5.69. The van der Waals surface area contributed by atoms with Crippen LogP contribution >= 0.6 is 0 Å². The molecule has 1 aliphatic rings. The molecule has 2 unspecified atom stereocenters. The number of ether oxygens (including phenoxy) is 1. The minimum atomic E-state index is -0.603. The van der Waals surface area contributed by atoms with Gasteiger partial charge in [-0.05, 0) is 32.2 Å². The van der Waals surface area contributed by atoms with Gasteiger partial charge in [0.05, 0.1) is 19.1 Å². The van der Waals surface area contributed by atoms with Gasteiger partial charge in [0.25, 0.3) is 0 Å². The molecule has 0 radical (unpaired) electrons. The minimum Gasteiger partial charge on any atom is -0.466 e. The fourth-order valence-electron chi connectivity index (χ4n) is 2.58. The molecule has 0 spiro atoms. The lowest BCUT2D eigenvalue weighted by Gasteiger charge is -2.29. The maximum Gasteiger partial charge on any atom is 0.308 e. The highest BCUT2D eigenvalue weighted by Crippen LogP contribution is 2.23. The van der Waals surface area contributed by atoms with Crippen molar-refractivity contribution in [1.82, 2.24) is 4.90 Å². The first-order valence-electron chi connectivity index (χ1n) is 6.62. The third-order valence-electron chi connectivity index (χ3n) is 3.34. The second-order valence-electron chi connectivity index (χ2n) is 5.11. The first-order valence-corrected chi connectivity index (χ1v) is 6.62. The number of aliphatic hydroxyl groups excluding tert-OH is 1. The topological polar surface area (TPSA) is 49.8 Å². The van der Waals surface area contributed by atoms with Crippen molar-refractivity contribution in [1.29, 1.82) is 0 Å². The zero-order chi connectivity index (χ0) is 12.8. The van der Waals surface area contributed by atoms with Gasteiger partial charge in [0.2, 0.25) is 0 Å². The summed E-state index contributed by atoms with van der Waals surface area (Å²) in [5.74, 6) is 0.299. The highest BCUT2D eigenvalue weighted by atomic mass is 16.5. The van der Waals surface area contributed by atoms with Crippen LogP contribution in [0.2, 0.25) is 0 Å². The van der Waals surface area contributed by atoms with Crippen molar-refractivity contribution in [2.45, 2.75) is 52.2 Å². The van der Waals surface area contributed by atoms with E-state index in [9.17, 15) is 9.90 Å². The van der Waals surface area contributed by atoms with Crippen molar-refractivity contribution in [3.63, 3.8) is 0 Å². The van der Waals surface area contributed by atoms with Crippen LogP contribution in [0.25, 0.3) is 0 Å². The molecule has 0 aliphatic carbocycles. The Kier molecular flexibility index (Phi) is 5.92. The number of aliphatic hydroxyl groups is 1. The number of esters is 1. The smallest absolute Gasteiger partial charge is 0.308 e. The van der Waals surface area contributed by atoms with Crippen LogP contribution in [0.15, 0.2) is 0 Å². The molecule has 0 bridgehead atoms. The fourth-order valence-corrected chi connectivity index (χ4v) is 2.58. The van der Waals surface area contributed by atoms with E-state index in [0.717, 1.165) is 6.54 Å². The summed E-state index contributed by atoms with van der Waals surface area (Å²) in [6.45, 7) is 8.19. The van der Waals surface area contributed by atoms with E-state index in [0.29, 0.717) is 25.1 Å². The largest absolute Gasteiger partial charge is 0.466 e. The summed E-state index contributed by atoms with van der Waals surface area (Å²) < 4.78 is 4.83. The molecule has 1 heterocycles. The van der Waals surface area contributed by atoms with E-state index in [2.05, 4.69) is 18.7 Å². The number of likely N-dealkylation sites (tertiary alicyclic amines) is 1. The van der Waals surface area contributed by atoms with Crippen LogP contribution in [-0.4, -0.2) is 47.8 Å². The first kappa shape index (κ1) is 14.5. The summed E-state index contributed by atoms with van der Waals surface area (Å²) in [5.41, 5.74) is 0. The Morgan fingerprint density at radius 2 is 2.24 bits per heavy atom. The van der Waals surface area contributed by atoms with Crippen LogP contribution in [0, 0.1) is 5.92 Å². The highest BCUT2D eigenvalue weighted by Gasteiger charge is 2.28. The summed E-state index contributed by atoms with van der Waals surface area (Å²) in [6.07, 6.45) is 1.89. The summed E-state index contributed by atoms with van der Waals surface area (Å²) in [7, 11) is 0. The Morgan fingerprint density at radius 1 is 1.53 bits per heavy atom. The zero-order valence-corrected chi connectivity index (χ0v) is 11.2. The molecule has 2 atom stereocenters. The number of carbonyl (C=O) groups is 1. The van der Waals surface area contributed by atoms with Gasteiger partial charge in [-0.2, -0.15) is 0 Å². The van der Waals surface area contributed by atoms with E-state index in [-0.39, 0.29) is 12.4 Å². The van der Waals surface area contributed by atoms with Crippen LogP contribution in [0.5, 0.6) is 0 Å². The summed E-state index contributed by atoms with van der Waals surface area (Å²) in [6, 6.07) is 0.548. The van der Waals surface area contributed by atoms with Gasteiger partial charge >= 0.3 is 5.97 Å². The summed E-state index contributed by atoms with van der Waals surface area (Å²) in [5, 5.41) is 9.86. The minimum absolute atomic E-state index is 0.106. The molecule has 17 heavy (non-hydrogen) atoms. The van der Waals surface area contributed by atoms with E-state index in [4.69, 9.17) is 4.74 Å². The lowest BCUT2D eigenvalue weighted by atomic mass is 10.0. The monoisotopic (exact) mass is 243 g/mol. The predicted molar refractivity (Wildman–Crippen MR) is 66.7 cm³/mol. The molecule has 4 nitrogen and oxygen atoms in total. The molecule has 0 amide bonds. The average Bonchev–Trinajstić information content (AvgIpc) is 2.65. The molecule has 1 rings (SSSR count). The Morgan fingerprint density at radius 3 is 2.82 bits per heavy atom. The SMILES string of the molecule is CCOC(=O)CC(O)CN1CCCC1C(C)C. The number of hydrogen-bond donors (Lipinski definition) is 1. The molecule has 4 heteroatoms. The van der Waals surface area contributed by atoms with Gasteiger partial charge in [-0.15, -0.1) is 0 Å². The fraction of sp³-hybridized carbons (Fsp3) is 0.923. The quantitative estimate of drug-likeness (QED) is 0.717. The van der Waals surface area contributed by atoms with E-state index in [1.807, 2.05) is 0 Å². The zero-order valence-electron chi connectivity index (χ0n) is 11.2.